The number of para-hydroxylation sites is 1. The normalized spacial score (nSPS) is 19.8. The lowest BCUT2D eigenvalue weighted by Crippen LogP contribution is -2.34. The Morgan fingerprint density at radius 3 is 2.84 bits per heavy atom. The van der Waals surface area contributed by atoms with Gasteiger partial charge in [-0.1, -0.05) is 18.6 Å². The number of aliphatic hydroxyl groups is 1. The van der Waals surface area contributed by atoms with Gasteiger partial charge in [-0.15, -0.1) is 0 Å². The Balaban J connectivity index is 1.88. The predicted molar refractivity (Wildman–Crippen MR) is 95.5 cm³/mol. The molecule has 2 atom stereocenters. The molecular weight excluding hydrogens is 318 g/mol. The number of aryl methyl sites for hydroxylation is 1. The number of carbonyl (C=O) groups is 1. The van der Waals surface area contributed by atoms with Crippen LogP contribution in [0.5, 0.6) is 5.75 Å². The van der Waals surface area contributed by atoms with E-state index >= 15 is 0 Å². The van der Waals surface area contributed by atoms with E-state index in [2.05, 4.69) is 5.10 Å². The van der Waals surface area contributed by atoms with Crippen LogP contribution in [0.15, 0.2) is 30.5 Å². The number of ether oxygens (including phenoxy) is 1. The largest absolute Gasteiger partial charge is 0.496 e. The molecule has 1 aromatic heterocycles. The Morgan fingerprint density at radius 2 is 2.16 bits per heavy atom. The summed E-state index contributed by atoms with van der Waals surface area (Å²) in [5.74, 6) is 0.748. The maximum atomic E-state index is 13.0. The summed E-state index contributed by atoms with van der Waals surface area (Å²) in [5, 5.41) is 14.5. The van der Waals surface area contributed by atoms with Crippen molar-refractivity contribution in [3.63, 3.8) is 0 Å². The molecule has 1 aliphatic rings. The van der Waals surface area contributed by atoms with E-state index < -0.39 is 0 Å². The van der Waals surface area contributed by atoms with Crippen LogP contribution in [-0.4, -0.2) is 52.5 Å². The number of benzene rings is 1. The van der Waals surface area contributed by atoms with E-state index in [-0.39, 0.29) is 17.9 Å². The molecule has 134 valence electrons. The van der Waals surface area contributed by atoms with Crippen LogP contribution in [0.1, 0.15) is 29.6 Å². The minimum atomic E-state index is -0.308. The van der Waals surface area contributed by atoms with Crippen LogP contribution >= 0.6 is 0 Å². The van der Waals surface area contributed by atoms with E-state index in [0.717, 1.165) is 24.8 Å². The maximum Gasteiger partial charge on any atom is 0.257 e. The van der Waals surface area contributed by atoms with Crippen molar-refractivity contribution in [1.29, 1.82) is 0 Å². The second kappa shape index (κ2) is 7.27. The topological polar surface area (TPSA) is 67.6 Å². The predicted octanol–water partition coefficient (Wildman–Crippen LogP) is 2.33. The molecular formula is C19H25N3O3. The van der Waals surface area contributed by atoms with Gasteiger partial charge in [-0.2, -0.15) is 5.10 Å². The summed E-state index contributed by atoms with van der Waals surface area (Å²) in [6.07, 6.45) is 4.24. The highest BCUT2D eigenvalue weighted by atomic mass is 16.5. The molecule has 0 radical (unpaired) electrons. The van der Waals surface area contributed by atoms with Crippen LogP contribution in [0, 0.1) is 5.92 Å². The van der Waals surface area contributed by atoms with Gasteiger partial charge in [0.2, 0.25) is 0 Å². The number of hydrogen-bond donors (Lipinski definition) is 1. The third-order valence-corrected chi connectivity index (χ3v) is 4.90. The van der Waals surface area contributed by atoms with Gasteiger partial charge >= 0.3 is 0 Å². The Bertz CT molecular complexity index is 756. The summed E-state index contributed by atoms with van der Waals surface area (Å²) >= 11 is 0. The molecule has 1 aromatic carbocycles. The summed E-state index contributed by atoms with van der Waals surface area (Å²) in [6, 6.07) is 7.55. The summed E-state index contributed by atoms with van der Waals surface area (Å²) in [5.41, 5.74) is 1.95. The van der Waals surface area contributed by atoms with Gasteiger partial charge in [0, 0.05) is 38.3 Å². The molecule has 0 spiro atoms. The fourth-order valence-corrected chi connectivity index (χ4v) is 3.55. The summed E-state index contributed by atoms with van der Waals surface area (Å²) in [7, 11) is 5.19. The quantitative estimate of drug-likeness (QED) is 0.905. The lowest BCUT2D eigenvalue weighted by Gasteiger charge is -2.23. The Kier molecular flexibility index (Phi) is 5.08. The SMILES string of the molecule is COc1ccccc1-c1nn(C)cc1C(=O)N(C)CC1CCCC1O. The van der Waals surface area contributed by atoms with Gasteiger partial charge < -0.3 is 14.7 Å². The first-order valence-electron chi connectivity index (χ1n) is 8.61. The van der Waals surface area contributed by atoms with E-state index in [1.54, 1.807) is 37.0 Å². The Morgan fingerprint density at radius 1 is 1.40 bits per heavy atom. The number of aliphatic hydroxyl groups excluding tert-OH is 1. The van der Waals surface area contributed by atoms with E-state index in [1.165, 1.54) is 0 Å². The zero-order valence-corrected chi connectivity index (χ0v) is 15.0. The van der Waals surface area contributed by atoms with E-state index in [1.807, 2.05) is 24.3 Å². The third kappa shape index (κ3) is 3.54. The van der Waals surface area contributed by atoms with Crippen LogP contribution in [0.2, 0.25) is 0 Å². The van der Waals surface area contributed by atoms with Crippen molar-refractivity contribution in [2.45, 2.75) is 25.4 Å². The molecule has 1 saturated carbocycles. The van der Waals surface area contributed by atoms with Gasteiger partial charge in [0.25, 0.3) is 5.91 Å². The van der Waals surface area contributed by atoms with Gasteiger partial charge in [-0.25, -0.2) is 0 Å². The molecule has 2 aromatic rings. The number of nitrogens with zero attached hydrogens (tertiary/aromatic N) is 3. The Hall–Kier alpha value is -2.34. The highest BCUT2D eigenvalue weighted by Gasteiger charge is 2.29. The zero-order valence-electron chi connectivity index (χ0n) is 15.0. The number of aromatic nitrogens is 2. The first-order valence-corrected chi connectivity index (χ1v) is 8.61. The fraction of sp³-hybridized carbons (Fsp3) is 0.474. The molecule has 1 amide bonds. The van der Waals surface area contributed by atoms with Crippen molar-refractivity contribution >= 4 is 5.91 Å². The van der Waals surface area contributed by atoms with Crippen molar-refractivity contribution in [3.8, 4) is 17.0 Å². The number of methoxy groups -OCH3 is 1. The number of rotatable bonds is 5. The number of amides is 1. The molecule has 1 N–H and O–H groups in total. The zero-order chi connectivity index (χ0) is 18.0. The summed E-state index contributed by atoms with van der Waals surface area (Å²) in [4.78, 5) is 14.7. The smallest absolute Gasteiger partial charge is 0.257 e. The molecule has 25 heavy (non-hydrogen) atoms. The third-order valence-electron chi connectivity index (χ3n) is 4.90. The molecule has 1 heterocycles. The number of carbonyl (C=O) groups excluding carboxylic acids is 1. The second-order valence-corrected chi connectivity index (χ2v) is 6.71. The fourth-order valence-electron chi connectivity index (χ4n) is 3.55. The highest BCUT2D eigenvalue weighted by molar-refractivity contribution is 6.00. The monoisotopic (exact) mass is 343 g/mol. The van der Waals surface area contributed by atoms with Crippen LogP contribution in [0.4, 0.5) is 0 Å². The minimum Gasteiger partial charge on any atom is -0.496 e. The number of hydrogen-bond acceptors (Lipinski definition) is 4. The second-order valence-electron chi connectivity index (χ2n) is 6.71. The highest BCUT2D eigenvalue weighted by Crippen LogP contribution is 2.32. The molecule has 0 aliphatic heterocycles. The lowest BCUT2D eigenvalue weighted by molar-refractivity contribution is 0.0694. The average Bonchev–Trinajstić information content (AvgIpc) is 3.20. The molecule has 3 rings (SSSR count). The molecule has 6 heteroatoms. The average molecular weight is 343 g/mol. The lowest BCUT2D eigenvalue weighted by atomic mass is 10.0. The minimum absolute atomic E-state index is 0.0897. The molecule has 2 unspecified atom stereocenters. The van der Waals surface area contributed by atoms with Gasteiger partial charge in [0.05, 0.1) is 18.8 Å². The standard InChI is InChI=1S/C19H25N3O3/c1-21(11-13-7-6-9-16(13)23)19(24)15-12-22(2)20-18(15)14-8-4-5-10-17(14)25-3/h4-5,8,10,12-13,16,23H,6-7,9,11H2,1-3H3. The van der Waals surface area contributed by atoms with Crippen LogP contribution in [-0.2, 0) is 7.05 Å². The van der Waals surface area contributed by atoms with Gasteiger partial charge in [0.15, 0.2) is 0 Å². The molecule has 0 saturated heterocycles. The van der Waals surface area contributed by atoms with Gasteiger partial charge in [0.1, 0.15) is 11.4 Å². The summed E-state index contributed by atoms with van der Waals surface area (Å²) < 4.78 is 7.06. The van der Waals surface area contributed by atoms with Gasteiger partial charge in [-0.05, 0) is 25.0 Å². The first kappa shape index (κ1) is 17.5. The molecule has 1 fully saturated rings. The van der Waals surface area contributed by atoms with E-state index in [9.17, 15) is 9.90 Å². The van der Waals surface area contributed by atoms with Crippen molar-refractivity contribution in [2.75, 3.05) is 20.7 Å². The van der Waals surface area contributed by atoms with Crippen LogP contribution in [0.25, 0.3) is 11.3 Å². The van der Waals surface area contributed by atoms with Crippen molar-refractivity contribution in [3.05, 3.63) is 36.0 Å². The first-order chi connectivity index (χ1) is 12.0. The van der Waals surface area contributed by atoms with Crippen molar-refractivity contribution in [2.24, 2.45) is 13.0 Å². The van der Waals surface area contributed by atoms with E-state index in [4.69, 9.17) is 4.74 Å². The Labute approximate surface area is 148 Å². The molecule has 6 nitrogen and oxygen atoms in total. The maximum absolute atomic E-state index is 13.0. The van der Waals surface area contributed by atoms with Crippen LogP contribution in [0.3, 0.4) is 0 Å². The van der Waals surface area contributed by atoms with Crippen molar-refractivity contribution < 1.29 is 14.6 Å². The molecule has 1 aliphatic carbocycles. The molecule has 0 bridgehead atoms. The van der Waals surface area contributed by atoms with Crippen molar-refractivity contribution in [1.82, 2.24) is 14.7 Å². The van der Waals surface area contributed by atoms with Gasteiger partial charge in [-0.3, -0.25) is 9.48 Å². The summed E-state index contributed by atoms with van der Waals surface area (Å²) in [6.45, 7) is 0.556. The van der Waals surface area contributed by atoms with E-state index in [0.29, 0.717) is 23.6 Å². The van der Waals surface area contributed by atoms with Crippen LogP contribution < -0.4 is 4.74 Å².